The lowest BCUT2D eigenvalue weighted by Crippen LogP contribution is -2.54. The van der Waals surface area contributed by atoms with E-state index >= 15 is 0 Å². The number of hydrogen-bond donors (Lipinski definition) is 2. The summed E-state index contributed by atoms with van der Waals surface area (Å²) in [5.41, 5.74) is -0.633. The first-order chi connectivity index (χ1) is 8.99. The van der Waals surface area contributed by atoms with Crippen molar-refractivity contribution in [2.24, 2.45) is 5.92 Å². The van der Waals surface area contributed by atoms with Gasteiger partial charge in [-0.3, -0.25) is 4.79 Å². The van der Waals surface area contributed by atoms with Crippen molar-refractivity contribution in [3.05, 3.63) is 29.8 Å². The van der Waals surface area contributed by atoms with Crippen LogP contribution in [0.15, 0.2) is 29.2 Å². The Kier molecular flexibility index (Phi) is 3.85. The fraction of sp³-hybridized carbons (Fsp3) is 0.429. The van der Waals surface area contributed by atoms with Gasteiger partial charge in [-0.1, -0.05) is 12.1 Å². The third-order valence-electron chi connectivity index (χ3n) is 3.56. The van der Waals surface area contributed by atoms with Gasteiger partial charge in [-0.15, -0.1) is 11.8 Å². The quantitative estimate of drug-likeness (QED) is 0.812. The summed E-state index contributed by atoms with van der Waals surface area (Å²) >= 11 is 1.47. The molecular weight excluding hydrogens is 262 g/mol. The van der Waals surface area contributed by atoms with Crippen LogP contribution in [0.4, 0.5) is 0 Å². The highest BCUT2D eigenvalue weighted by molar-refractivity contribution is 7.98. The number of aliphatic carboxylic acids is 1. The Labute approximate surface area is 116 Å². The summed E-state index contributed by atoms with van der Waals surface area (Å²) in [6.07, 6.45) is 3.60. The molecule has 0 bridgehead atoms. The molecule has 1 aromatic rings. The monoisotopic (exact) mass is 279 g/mol. The number of carbonyl (C=O) groups is 2. The molecule has 1 saturated carbocycles. The summed E-state index contributed by atoms with van der Waals surface area (Å²) in [6.45, 7) is 1.59. The smallest absolute Gasteiger partial charge is 0.329 e. The Bertz CT molecular complexity index is 513. The molecule has 1 atom stereocenters. The minimum Gasteiger partial charge on any atom is -0.480 e. The maximum Gasteiger partial charge on any atom is 0.329 e. The van der Waals surface area contributed by atoms with Crippen molar-refractivity contribution >= 4 is 23.6 Å². The fourth-order valence-corrected chi connectivity index (χ4v) is 2.72. The third kappa shape index (κ3) is 2.76. The molecule has 0 saturated heterocycles. The largest absolute Gasteiger partial charge is 0.480 e. The first-order valence-corrected chi connectivity index (χ1v) is 7.40. The summed E-state index contributed by atoms with van der Waals surface area (Å²) in [5, 5.41) is 12.0. The maximum absolute atomic E-state index is 12.3. The maximum atomic E-state index is 12.3. The Morgan fingerprint density at radius 3 is 2.53 bits per heavy atom. The van der Waals surface area contributed by atoms with Crippen molar-refractivity contribution in [2.45, 2.75) is 30.2 Å². The van der Waals surface area contributed by atoms with E-state index in [-0.39, 0.29) is 11.8 Å². The zero-order valence-electron chi connectivity index (χ0n) is 11.0. The fourth-order valence-electron chi connectivity index (χ4n) is 2.13. The lowest BCUT2D eigenvalue weighted by Gasteiger charge is -2.26. The van der Waals surface area contributed by atoms with Gasteiger partial charge in [-0.2, -0.15) is 0 Å². The van der Waals surface area contributed by atoms with E-state index in [9.17, 15) is 14.7 Å². The number of carboxylic acids is 1. The molecule has 1 aliphatic rings. The van der Waals surface area contributed by atoms with Gasteiger partial charge in [0.25, 0.3) is 5.91 Å². The molecule has 0 aromatic heterocycles. The first-order valence-electron chi connectivity index (χ1n) is 6.18. The van der Waals surface area contributed by atoms with Crippen LogP contribution in [0.2, 0.25) is 0 Å². The second-order valence-corrected chi connectivity index (χ2v) is 5.78. The molecule has 1 unspecified atom stereocenters. The summed E-state index contributed by atoms with van der Waals surface area (Å²) < 4.78 is 0. The third-order valence-corrected chi connectivity index (χ3v) is 4.36. The van der Waals surface area contributed by atoms with Crippen molar-refractivity contribution in [1.82, 2.24) is 5.32 Å². The second kappa shape index (κ2) is 5.25. The summed E-state index contributed by atoms with van der Waals surface area (Å²) in [5.74, 6) is -1.25. The van der Waals surface area contributed by atoms with Crippen molar-refractivity contribution in [1.29, 1.82) is 0 Å². The minimum absolute atomic E-state index is 0.0374. The number of nitrogens with one attached hydrogen (secondary N) is 1. The molecule has 0 radical (unpaired) electrons. The van der Waals surface area contributed by atoms with Gasteiger partial charge in [0.05, 0.1) is 5.56 Å². The number of benzene rings is 1. The molecule has 2 N–H and O–H groups in total. The van der Waals surface area contributed by atoms with Crippen LogP contribution >= 0.6 is 11.8 Å². The normalized spacial score (nSPS) is 17.6. The zero-order chi connectivity index (χ0) is 14.0. The van der Waals surface area contributed by atoms with Crippen molar-refractivity contribution in [3.8, 4) is 0 Å². The van der Waals surface area contributed by atoms with Gasteiger partial charge in [0.1, 0.15) is 5.54 Å². The van der Waals surface area contributed by atoms with Gasteiger partial charge in [-0.05, 0) is 44.1 Å². The van der Waals surface area contributed by atoms with Gasteiger partial charge < -0.3 is 10.4 Å². The van der Waals surface area contributed by atoms with Gasteiger partial charge >= 0.3 is 5.97 Å². The Hall–Kier alpha value is -1.49. The Morgan fingerprint density at radius 1 is 1.37 bits per heavy atom. The van der Waals surface area contributed by atoms with E-state index in [0.29, 0.717) is 5.56 Å². The van der Waals surface area contributed by atoms with Crippen LogP contribution in [0, 0.1) is 5.92 Å². The van der Waals surface area contributed by atoms with Crippen molar-refractivity contribution < 1.29 is 14.7 Å². The standard InChI is InChI=1S/C14H17NO3S/c1-14(13(17)18,9-7-8-9)15-12(16)10-5-3-4-6-11(10)19-2/h3-6,9H,7-8H2,1-2H3,(H,15,16)(H,17,18). The highest BCUT2D eigenvalue weighted by atomic mass is 32.2. The van der Waals surface area contributed by atoms with Crippen LogP contribution in [0.1, 0.15) is 30.1 Å². The molecule has 1 aliphatic carbocycles. The number of amides is 1. The molecule has 0 heterocycles. The summed E-state index contributed by atoms with van der Waals surface area (Å²) in [4.78, 5) is 24.5. The van der Waals surface area contributed by atoms with Gasteiger partial charge in [0.2, 0.25) is 0 Å². The Balaban J connectivity index is 2.22. The first kappa shape index (κ1) is 13.9. The minimum atomic E-state index is -1.16. The number of carboxylic acid groups (broad SMARTS) is 1. The van der Waals surface area contributed by atoms with Crippen LogP contribution < -0.4 is 5.32 Å². The van der Waals surface area contributed by atoms with Crippen LogP contribution in [0.25, 0.3) is 0 Å². The van der Waals surface area contributed by atoms with Crippen LogP contribution in [0.5, 0.6) is 0 Å². The van der Waals surface area contributed by atoms with E-state index < -0.39 is 11.5 Å². The average molecular weight is 279 g/mol. The van der Waals surface area contributed by atoms with Gasteiger partial charge in [0.15, 0.2) is 0 Å². The van der Waals surface area contributed by atoms with E-state index in [0.717, 1.165) is 17.7 Å². The van der Waals surface area contributed by atoms with E-state index in [1.165, 1.54) is 11.8 Å². The molecule has 102 valence electrons. The number of carbonyl (C=O) groups excluding carboxylic acids is 1. The second-order valence-electron chi connectivity index (χ2n) is 4.94. The number of thioether (sulfide) groups is 1. The summed E-state index contributed by atoms with van der Waals surface area (Å²) in [7, 11) is 0. The highest BCUT2D eigenvalue weighted by Gasteiger charge is 2.48. The van der Waals surface area contributed by atoms with Crippen molar-refractivity contribution in [3.63, 3.8) is 0 Å². The van der Waals surface area contributed by atoms with Crippen LogP contribution in [0.3, 0.4) is 0 Å². The molecule has 0 aliphatic heterocycles. The Morgan fingerprint density at radius 2 is 2.00 bits per heavy atom. The van der Waals surface area contributed by atoms with E-state index in [2.05, 4.69) is 5.32 Å². The number of rotatable bonds is 5. The zero-order valence-corrected chi connectivity index (χ0v) is 11.8. The molecule has 1 amide bonds. The molecule has 4 nitrogen and oxygen atoms in total. The predicted octanol–water partition coefficient (Wildman–Crippen LogP) is 2.39. The molecule has 2 rings (SSSR count). The molecule has 0 spiro atoms. The molecule has 1 aromatic carbocycles. The topological polar surface area (TPSA) is 66.4 Å². The van der Waals surface area contributed by atoms with E-state index in [4.69, 9.17) is 0 Å². The number of hydrogen-bond acceptors (Lipinski definition) is 3. The van der Waals surface area contributed by atoms with E-state index in [1.54, 1.807) is 19.1 Å². The molecule has 19 heavy (non-hydrogen) atoms. The van der Waals surface area contributed by atoms with Gasteiger partial charge in [0, 0.05) is 4.90 Å². The highest BCUT2D eigenvalue weighted by Crippen LogP contribution is 2.40. The van der Waals surface area contributed by atoms with Crippen LogP contribution in [-0.4, -0.2) is 28.8 Å². The van der Waals surface area contributed by atoms with Crippen LogP contribution in [-0.2, 0) is 4.79 Å². The van der Waals surface area contributed by atoms with E-state index in [1.807, 2.05) is 18.4 Å². The molecule has 5 heteroatoms. The lowest BCUT2D eigenvalue weighted by molar-refractivity contribution is -0.144. The molecular formula is C14H17NO3S. The average Bonchev–Trinajstić information content (AvgIpc) is 3.22. The predicted molar refractivity (Wildman–Crippen MR) is 74.5 cm³/mol. The molecule has 1 fully saturated rings. The van der Waals surface area contributed by atoms with Gasteiger partial charge in [-0.25, -0.2) is 4.79 Å². The summed E-state index contributed by atoms with van der Waals surface area (Å²) in [6, 6.07) is 7.22. The van der Waals surface area contributed by atoms with Crippen molar-refractivity contribution in [2.75, 3.05) is 6.26 Å². The lowest BCUT2D eigenvalue weighted by atomic mass is 9.95. The SMILES string of the molecule is CSc1ccccc1C(=O)NC(C)(C(=O)O)C1CC1.